The van der Waals surface area contributed by atoms with Gasteiger partial charge in [0.1, 0.15) is 11.6 Å². The summed E-state index contributed by atoms with van der Waals surface area (Å²) < 4.78 is 34.3. The van der Waals surface area contributed by atoms with Crippen LogP contribution in [0.3, 0.4) is 0 Å². The molecule has 0 unspecified atom stereocenters. The van der Waals surface area contributed by atoms with Crippen molar-refractivity contribution in [2.24, 2.45) is 10.7 Å². The van der Waals surface area contributed by atoms with Crippen LogP contribution in [0.25, 0.3) is 11.1 Å². The zero-order valence-corrected chi connectivity index (χ0v) is 18.1. The molecule has 0 radical (unpaired) electrons. The van der Waals surface area contributed by atoms with Crippen LogP contribution in [-0.4, -0.2) is 35.5 Å². The Bertz CT molecular complexity index is 1040. The van der Waals surface area contributed by atoms with E-state index in [4.69, 9.17) is 22.1 Å². The van der Waals surface area contributed by atoms with Gasteiger partial charge in [-0.3, -0.25) is 9.69 Å². The Morgan fingerprint density at radius 3 is 2.55 bits per heavy atom. The van der Waals surface area contributed by atoms with E-state index in [-0.39, 0.29) is 46.6 Å². The summed E-state index contributed by atoms with van der Waals surface area (Å²) in [6.45, 7) is 4.28. The molecule has 3 atom stereocenters. The molecule has 2 heterocycles. The van der Waals surface area contributed by atoms with Gasteiger partial charge in [0.05, 0.1) is 28.6 Å². The highest BCUT2D eigenvalue weighted by molar-refractivity contribution is 6.34. The maximum absolute atomic E-state index is 14.4. The van der Waals surface area contributed by atoms with Crippen molar-refractivity contribution >= 4 is 23.5 Å². The first-order valence-electron chi connectivity index (χ1n) is 10.2. The summed E-state index contributed by atoms with van der Waals surface area (Å²) in [5.74, 6) is -1.47. The Balaban J connectivity index is 1.74. The maximum atomic E-state index is 14.4. The van der Waals surface area contributed by atoms with Crippen molar-refractivity contribution in [1.29, 1.82) is 0 Å². The van der Waals surface area contributed by atoms with Crippen LogP contribution in [0.4, 0.5) is 8.78 Å². The quantitative estimate of drug-likeness (QED) is 0.746. The van der Waals surface area contributed by atoms with E-state index in [0.717, 1.165) is 0 Å². The molecule has 2 aromatic rings. The second-order valence-electron chi connectivity index (χ2n) is 8.31. The van der Waals surface area contributed by atoms with Crippen molar-refractivity contribution < 1.29 is 18.3 Å². The third kappa shape index (κ3) is 3.92. The third-order valence-corrected chi connectivity index (χ3v) is 6.41. The number of hydrogen-bond donors (Lipinski definition) is 1. The van der Waals surface area contributed by atoms with Crippen LogP contribution < -0.4 is 5.73 Å². The summed E-state index contributed by atoms with van der Waals surface area (Å²) in [4.78, 5) is 19.3. The number of guanidine groups is 1. The van der Waals surface area contributed by atoms with E-state index in [1.165, 1.54) is 18.2 Å². The Labute approximate surface area is 184 Å². The molecule has 2 aromatic carbocycles. The molecule has 0 aliphatic carbocycles. The van der Waals surface area contributed by atoms with Crippen LogP contribution in [0.1, 0.15) is 38.7 Å². The Kier molecular flexibility index (Phi) is 5.75. The highest BCUT2D eigenvalue weighted by Gasteiger charge is 2.42. The number of halogens is 3. The van der Waals surface area contributed by atoms with Crippen molar-refractivity contribution in [3.63, 3.8) is 0 Å². The molecule has 5 nitrogen and oxygen atoms in total. The fourth-order valence-corrected chi connectivity index (χ4v) is 4.93. The van der Waals surface area contributed by atoms with Crippen LogP contribution in [0.15, 0.2) is 41.4 Å². The van der Waals surface area contributed by atoms with Crippen LogP contribution in [0, 0.1) is 11.6 Å². The van der Waals surface area contributed by atoms with Gasteiger partial charge >= 0.3 is 0 Å². The van der Waals surface area contributed by atoms with Gasteiger partial charge in [-0.1, -0.05) is 35.9 Å². The highest BCUT2D eigenvalue weighted by Crippen LogP contribution is 2.43. The summed E-state index contributed by atoms with van der Waals surface area (Å²) in [6.07, 6.45) is 1.45. The monoisotopic (exact) mass is 447 g/mol. The second kappa shape index (κ2) is 8.20. The first-order chi connectivity index (χ1) is 14.7. The number of carbonyl (C=O) groups excluding carboxylic acids is 1. The largest absolute Gasteiger partial charge is 0.378 e. The fraction of sp³-hybridized carbons (Fsp3) is 0.391. The average molecular weight is 448 g/mol. The van der Waals surface area contributed by atoms with Crippen molar-refractivity contribution in [1.82, 2.24) is 4.90 Å². The van der Waals surface area contributed by atoms with Gasteiger partial charge in [-0.2, -0.15) is 0 Å². The van der Waals surface area contributed by atoms with Crippen LogP contribution in [0.2, 0.25) is 5.02 Å². The Morgan fingerprint density at radius 1 is 1.23 bits per heavy atom. The molecule has 2 aliphatic rings. The topological polar surface area (TPSA) is 67.9 Å². The van der Waals surface area contributed by atoms with E-state index in [1.807, 2.05) is 6.92 Å². The maximum Gasteiger partial charge on any atom is 0.232 e. The lowest BCUT2D eigenvalue weighted by molar-refractivity contribution is -0.133. The Morgan fingerprint density at radius 2 is 1.90 bits per heavy atom. The van der Waals surface area contributed by atoms with Crippen molar-refractivity contribution in [3.8, 4) is 11.1 Å². The second-order valence-corrected chi connectivity index (χ2v) is 8.69. The number of aliphatic imine (C=N–C) groups is 1. The molecule has 1 saturated heterocycles. The van der Waals surface area contributed by atoms with Gasteiger partial charge in [0, 0.05) is 18.2 Å². The number of hydrogen-bond acceptors (Lipinski definition) is 4. The lowest BCUT2D eigenvalue weighted by Gasteiger charge is -2.41. The Hall–Kier alpha value is -2.51. The molecule has 0 aromatic heterocycles. The molecule has 164 valence electrons. The molecule has 0 saturated carbocycles. The molecule has 1 fully saturated rings. The normalized spacial score (nSPS) is 26.7. The van der Waals surface area contributed by atoms with Gasteiger partial charge in [0.2, 0.25) is 5.91 Å². The standard InChI is InChI=1S/C23H24ClF2N3O2/c1-13-11-14(9-10-31-13)29-19(30)12-23(2,28-22(29)27)16-6-3-5-15(21(16)24)20-17(25)7-4-8-18(20)26/h3-8,13-14H,9-12H2,1-2H3,(H2,27,28)/t13-,14-,23-/m0/s1. The zero-order chi connectivity index (χ0) is 22.3. The number of nitrogens with zero attached hydrogens (tertiary/aromatic N) is 2. The summed E-state index contributed by atoms with van der Waals surface area (Å²) >= 11 is 6.63. The van der Waals surface area contributed by atoms with Crippen LogP contribution in [-0.2, 0) is 15.1 Å². The van der Waals surface area contributed by atoms with E-state index < -0.39 is 17.2 Å². The molecule has 0 spiro atoms. The molecular formula is C23H24ClF2N3O2. The van der Waals surface area contributed by atoms with Gasteiger partial charge in [0.15, 0.2) is 5.96 Å². The van der Waals surface area contributed by atoms with E-state index in [1.54, 1.807) is 30.0 Å². The predicted octanol–water partition coefficient (Wildman–Crippen LogP) is 4.61. The first kappa shape index (κ1) is 21.7. The van der Waals surface area contributed by atoms with E-state index in [0.29, 0.717) is 25.0 Å². The van der Waals surface area contributed by atoms with Gasteiger partial charge in [-0.15, -0.1) is 0 Å². The molecule has 0 bridgehead atoms. The van der Waals surface area contributed by atoms with Gasteiger partial charge < -0.3 is 10.5 Å². The number of rotatable bonds is 3. The van der Waals surface area contributed by atoms with Gasteiger partial charge in [-0.05, 0) is 44.4 Å². The fourth-order valence-electron chi connectivity index (χ4n) is 4.50. The van der Waals surface area contributed by atoms with Crippen molar-refractivity contribution in [2.45, 2.75) is 50.8 Å². The lowest BCUT2D eigenvalue weighted by atomic mass is 9.85. The van der Waals surface area contributed by atoms with Crippen LogP contribution in [0.5, 0.6) is 0 Å². The minimum absolute atomic E-state index is 0.0365. The molecule has 1 amide bonds. The lowest BCUT2D eigenvalue weighted by Crippen LogP contribution is -2.56. The summed E-state index contributed by atoms with van der Waals surface area (Å²) in [5, 5.41) is 0.145. The highest BCUT2D eigenvalue weighted by atomic mass is 35.5. The number of benzene rings is 2. The summed E-state index contributed by atoms with van der Waals surface area (Å²) in [5.41, 5.74) is 5.69. The minimum atomic E-state index is -1.05. The van der Waals surface area contributed by atoms with Crippen LogP contribution >= 0.6 is 11.6 Å². The van der Waals surface area contributed by atoms with E-state index in [2.05, 4.69) is 4.99 Å². The minimum Gasteiger partial charge on any atom is -0.378 e. The molecule has 2 aliphatic heterocycles. The molecule has 8 heteroatoms. The third-order valence-electron chi connectivity index (χ3n) is 6.01. The van der Waals surface area contributed by atoms with Gasteiger partial charge in [-0.25, -0.2) is 13.8 Å². The molecular weight excluding hydrogens is 424 g/mol. The van der Waals surface area contributed by atoms with E-state index >= 15 is 0 Å². The first-order valence-corrected chi connectivity index (χ1v) is 10.6. The smallest absolute Gasteiger partial charge is 0.232 e. The molecule has 2 N–H and O–H groups in total. The summed E-state index contributed by atoms with van der Waals surface area (Å²) in [6, 6.07) is 8.48. The number of ether oxygens (including phenoxy) is 1. The van der Waals surface area contributed by atoms with Crippen molar-refractivity contribution in [2.75, 3.05) is 6.61 Å². The predicted molar refractivity (Wildman–Crippen MR) is 116 cm³/mol. The zero-order valence-electron chi connectivity index (χ0n) is 17.4. The average Bonchev–Trinajstić information content (AvgIpc) is 2.68. The molecule has 31 heavy (non-hydrogen) atoms. The number of amides is 1. The van der Waals surface area contributed by atoms with Gasteiger partial charge in [0.25, 0.3) is 0 Å². The SMILES string of the molecule is C[C@H]1C[C@@H](N2C(=O)C[C@@](C)(c3cccc(-c4c(F)cccc4F)c3Cl)N=C2N)CCO1. The number of nitrogens with two attached hydrogens (primary N) is 1. The molecule has 4 rings (SSSR count). The van der Waals surface area contributed by atoms with E-state index in [9.17, 15) is 13.6 Å². The van der Waals surface area contributed by atoms with Crippen molar-refractivity contribution in [3.05, 3.63) is 58.6 Å². The summed E-state index contributed by atoms with van der Waals surface area (Å²) in [7, 11) is 0. The number of carbonyl (C=O) groups is 1.